The van der Waals surface area contributed by atoms with Crippen molar-refractivity contribution < 1.29 is 9.59 Å². The van der Waals surface area contributed by atoms with Crippen LogP contribution in [0.5, 0.6) is 0 Å². The van der Waals surface area contributed by atoms with Crippen LogP contribution in [0.2, 0.25) is 5.02 Å². The highest BCUT2D eigenvalue weighted by Gasteiger charge is 2.34. The molecule has 1 N–H and O–H groups in total. The standard InChI is InChI=1S/C21H19ClN4O2S2/c22-17-8-6-15(7-9-17)13-29-21-25-24-20(30-21)23-19(28)16-10-18(27)26(12-16)11-14-4-2-1-3-5-14/h1-9,16H,10-13H2,(H,23,24,28)/t16-/m1/s1. The molecule has 1 aliphatic heterocycles. The van der Waals surface area contributed by atoms with Crippen LogP contribution in [0.1, 0.15) is 17.5 Å². The third-order valence-electron chi connectivity index (χ3n) is 4.71. The van der Waals surface area contributed by atoms with Gasteiger partial charge in [-0.25, -0.2) is 0 Å². The number of nitrogens with one attached hydrogen (secondary N) is 1. The summed E-state index contributed by atoms with van der Waals surface area (Å²) in [7, 11) is 0. The molecular weight excluding hydrogens is 440 g/mol. The summed E-state index contributed by atoms with van der Waals surface area (Å²) in [5, 5.41) is 12.2. The molecule has 3 aromatic rings. The van der Waals surface area contributed by atoms with Crippen molar-refractivity contribution in [3.05, 3.63) is 70.7 Å². The van der Waals surface area contributed by atoms with E-state index in [1.807, 2.05) is 54.6 Å². The SMILES string of the molecule is O=C(Nc1nnc(SCc2ccc(Cl)cc2)s1)[C@@H]1CC(=O)N(Cc2ccccc2)C1. The van der Waals surface area contributed by atoms with E-state index < -0.39 is 0 Å². The Hall–Kier alpha value is -2.42. The molecule has 0 unspecified atom stereocenters. The third-order valence-corrected chi connectivity index (χ3v) is 7.01. The fraction of sp³-hybridized carbons (Fsp3) is 0.238. The number of carbonyl (C=O) groups is 2. The van der Waals surface area contributed by atoms with Gasteiger partial charge in [0.15, 0.2) is 4.34 Å². The van der Waals surface area contributed by atoms with Gasteiger partial charge in [-0.05, 0) is 23.3 Å². The molecule has 0 radical (unpaired) electrons. The van der Waals surface area contributed by atoms with Gasteiger partial charge in [-0.3, -0.25) is 9.59 Å². The molecule has 1 atom stereocenters. The Morgan fingerprint density at radius 2 is 1.90 bits per heavy atom. The summed E-state index contributed by atoms with van der Waals surface area (Å²) < 4.78 is 0.772. The van der Waals surface area contributed by atoms with Crippen molar-refractivity contribution in [2.45, 2.75) is 23.1 Å². The highest BCUT2D eigenvalue weighted by atomic mass is 35.5. The smallest absolute Gasteiger partial charge is 0.231 e. The minimum absolute atomic E-state index is 0.00419. The van der Waals surface area contributed by atoms with Crippen LogP contribution in [0.4, 0.5) is 5.13 Å². The number of benzene rings is 2. The maximum Gasteiger partial charge on any atom is 0.231 e. The second kappa shape index (κ2) is 9.59. The van der Waals surface area contributed by atoms with E-state index >= 15 is 0 Å². The molecule has 2 heterocycles. The Kier molecular flexibility index (Phi) is 6.66. The van der Waals surface area contributed by atoms with Gasteiger partial charge in [0.25, 0.3) is 0 Å². The average Bonchev–Trinajstić information content (AvgIpc) is 3.35. The minimum Gasteiger partial charge on any atom is -0.338 e. The van der Waals surface area contributed by atoms with Crippen LogP contribution in [0, 0.1) is 5.92 Å². The van der Waals surface area contributed by atoms with Crippen molar-refractivity contribution in [1.82, 2.24) is 15.1 Å². The number of carbonyl (C=O) groups excluding carboxylic acids is 2. The summed E-state index contributed by atoms with van der Waals surface area (Å²) in [6.45, 7) is 0.935. The van der Waals surface area contributed by atoms with Crippen molar-refractivity contribution in [2.24, 2.45) is 5.92 Å². The van der Waals surface area contributed by atoms with Crippen LogP contribution in [-0.4, -0.2) is 33.5 Å². The molecule has 154 valence electrons. The van der Waals surface area contributed by atoms with Gasteiger partial charge in [0.1, 0.15) is 0 Å². The van der Waals surface area contributed by atoms with Gasteiger partial charge in [0, 0.05) is 30.3 Å². The quantitative estimate of drug-likeness (QED) is 0.417. The predicted octanol–water partition coefficient (Wildman–Crippen LogP) is 4.47. The molecule has 1 fully saturated rings. The number of hydrogen-bond acceptors (Lipinski definition) is 6. The molecule has 0 saturated carbocycles. The van der Waals surface area contributed by atoms with Crippen molar-refractivity contribution in [2.75, 3.05) is 11.9 Å². The number of anilines is 1. The second-order valence-corrected chi connectivity index (χ2v) is 9.57. The van der Waals surface area contributed by atoms with Crippen LogP contribution >= 0.6 is 34.7 Å². The summed E-state index contributed by atoms with van der Waals surface area (Å²) in [6, 6.07) is 17.4. The van der Waals surface area contributed by atoms with Gasteiger partial charge in [-0.15, -0.1) is 10.2 Å². The van der Waals surface area contributed by atoms with Crippen LogP contribution in [0.25, 0.3) is 0 Å². The van der Waals surface area contributed by atoms with E-state index in [4.69, 9.17) is 11.6 Å². The highest BCUT2D eigenvalue weighted by Crippen LogP contribution is 2.29. The highest BCUT2D eigenvalue weighted by molar-refractivity contribution is 8.00. The average molecular weight is 459 g/mol. The molecule has 0 spiro atoms. The molecule has 2 aromatic carbocycles. The van der Waals surface area contributed by atoms with E-state index in [9.17, 15) is 9.59 Å². The number of amides is 2. The Morgan fingerprint density at radius 3 is 2.67 bits per heavy atom. The summed E-state index contributed by atoms with van der Waals surface area (Å²) in [6.07, 6.45) is 0.218. The summed E-state index contributed by atoms with van der Waals surface area (Å²) in [5.41, 5.74) is 2.19. The zero-order valence-corrected chi connectivity index (χ0v) is 18.3. The first kappa shape index (κ1) is 20.8. The molecule has 2 amide bonds. The van der Waals surface area contributed by atoms with Gasteiger partial charge >= 0.3 is 0 Å². The van der Waals surface area contributed by atoms with E-state index in [0.717, 1.165) is 21.2 Å². The lowest BCUT2D eigenvalue weighted by molar-refractivity contribution is -0.128. The van der Waals surface area contributed by atoms with E-state index in [1.165, 1.54) is 11.3 Å². The zero-order valence-electron chi connectivity index (χ0n) is 16.0. The zero-order chi connectivity index (χ0) is 20.9. The Morgan fingerprint density at radius 1 is 1.13 bits per heavy atom. The number of halogens is 1. The molecule has 1 saturated heterocycles. The van der Waals surface area contributed by atoms with E-state index in [-0.39, 0.29) is 24.2 Å². The van der Waals surface area contributed by atoms with Crippen molar-refractivity contribution in [3.63, 3.8) is 0 Å². The lowest BCUT2D eigenvalue weighted by Crippen LogP contribution is -2.28. The van der Waals surface area contributed by atoms with Crippen molar-refractivity contribution in [1.29, 1.82) is 0 Å². The maximum absolute atomic E-state index is 12.6. The van der Waals surface area contributed by atoms with E-state index in [1.54, 1.807) is 16.7 Å². The van der Waals surface area contributed by atoms with Gasteiger partial charge in [0.2, 0.25) is 16.9 Å². The molecule has 1 aliphatic rings. The first-order chi connectivity index (χ1) is 14.6. The molecule has 30 heavy (non-hydrogen) atoms. The molecule has 4 rings (SSSR count). The van der Waals surface area contributed by atoms with Crippen LogP contribution < -0.4 is 5.32 Å². The minimum atomic E-state index is -0.379. The number of likely N-dealkylation sites (tertiary alicyclic amines) is 1. The first-order valence-corrected chi connectivity index (χ1v) is 11.6. The third kappa shape index (κ3) is 5.38. The summed E-state index contributed by atoms with van der Waals surface area (Å²) in [5.74, 6) is 0.167. The van der Waals surface area contributed by atoms with Crippen LogP contribution in [0.3, 0.4) is 0 Å². The second-order valence-electron chi connectivity index (χ2n) is 6.94. The predicted molar refractivity (Wildman–Crippen MR) is 120 cm³/mol. The van der Waals surface area contributed by atoms with Crippen LogP contribution in [-0.2, 0) is 21.9 Å². The normalized spacial score (nSPS) is 16.1. The number of aromatic nitrogens is 2. The van der Waals surface area contributed by atoms with Gasteiger partial charge in [-0.1, -0.05) is 77.2 Å². The van der Waals surface area contributed by atoms with Crippen molar-refractivity contribution in [3.8, 4) is 0 Å². The van der Waals surface area contributed by atoms with Crippen molar-refractivity contribution >= 4 is 51.6 Å². The van der Waals surface area contributed by atoms with E-state index in [2.05, 4.69) is 15.5 Å². The fourth-order valence-corrected chi connectivity index (χ4v) is 4.99. The maximum atomic E-state index is 12.6. The Labute approximate surface area is 187 Å². The number of hydrogen-bond donors (Lipinski definition) is 1. The van der Waals surface area contributed by atoms with Gasteiger partial charge < -0.3 is 10.2 Å². The lowest BCUT2D eigenvalue weighted by Gasteiger charge is -2.16. The van der Waals surface area contributed by atoms with Crippen LogP contribution in [0.15, 0.2) is 58.9 Å². The molecule has 1 aromatic heterocycles. The molecule has 0 aliphatic carbocycles. The molecule has 6 nitrogen and oxygen atoms in total. The first-order valence-electron chi connectivity index (χ1n) is 9.40. The molecular formula is C21H19ClN4O2S2. The molecule has 0 bridgehead atoms. The van der Waals surface area contributed by atoms with Gasteiger partial charge in [0.05, 0.1) is 5.92 Å². The lowest BCUT2D eigenvalue weighted by atomic mass is 10.1. The topological polar surface area (TPSA) is 75.2 Å². The number of rotatable bonds is 7. The number of thioether (sulfide) groups is 1. The Bertz CT molecular complexity index is 1030. The summed E-state index contributed by atoms with van der Waals surface area (Å²) >= 11 is 8.78. The Balaban J connectivity index is 1.29. The monoisotopic (exact) mass is 458 g/mol. The van der Waals surface area contributed by atoms with E-state index in [0.29, 0.717) is 23.2 Å². The van der Waals surface area contributed by atoms with Gasteiger partial charge in [-0.2, -0.15) is 0 Å². The largest absolute Gasteiger partial charge is 0.338 e. The summed E-state index contributed by atoms with van der Waals surface area (Å²) in [4.78, 5) is 26.6. The number of nitrogens with zero attached hydrogens (tertiary/aromatic N) is 3. The fourth-order valence-electron chi connectivity index (χ4n) is 3.16. The molecule has 9 heteroatoms.